The third kappa shape index (κ3) is 4.57. The number of benzene rings is 2. The molecule has 0 saturated carbocycles. The molecule has 134 valence electrons. The van der Waals surface area contributed by atoms with Crippen LogP contribution in [0, 0.1) is 0 Å². The van der Waals surface area contributed by atoms with E-state index >= 15 is 0 Å². The van der Waals surface area contributed by atoms with Crippen molar-refractivity contribution in [3.63, 3.8) is 0 Å². The maximum absolute atomic E-state index is 12.4. The molecular formula is C19H22ClNO4. The van der Waals surface area contributed by atoms with Gasteiger partial charge in [-0.2, -0.15) is 0 Å². The smallest absolute Gasteiger partial charge is 0.253 e. The number of methoxy groups -OCH3 is 3. The molecule has 0 aliphatic heterocycles. The number of hydrogen-bond donors (Lipinski definition) is 0. The Morgan fingerprint density at radius 2 is 1.56 bits per heavy atom. The molecular weight excluding hydrogens is 342 g/mol. The van der Waals surface area contributed by atoms with Crippen LogP contribution in [0.25, 0.3) is 0 Å². The SMILES string of the molecule is COc1cc(CCN(C)C(=O)c2ccc(Cl)cc2)cc(OC)c1OC. The minimum absolute atomic E-state index is 0.0518. The fourth-order valence-electron chi connectivity index (χ4n) is 2.49. The van der Waals surface area contributed by atoms with E-state index in [1.54, 1.807) is 57.5 Å². The van der Waals surface area contributed by atoms with Crippen molar-refractivity contribution in [3.05, 3.63) is 52.5 Å². The summed E-state index contributed by atoms with van der Waals surface area (Å²) in [6.45, 7) is 0.556. The Hall–Kier alpha value is -2.40. The molecule has 0 N–H and O–H groups in total. The highest BCUT2D eigenvalue weighted by Gasteiger charge is 2.15. The first-order valence-electron chi connectivity index (χ1n) is 7.80. The van der Waals surface area contributed by atoms with E-state index in [1.165, 1.54) is 0 Å². The number of amides is 1. The van der Waals surface area contributed by atoms with Gasteiger partial charge in [0.25, 0.3) is 5.91 Å². The predicted octanol–water partition coefficient (Wildman–Crippen LogP) is 3.68. The zero-order chi connectivity index (χ0) is 18.4. The van der Waals surface area contributed by atoms with E-state index in [2.05, 4.69) is 0 Å². The summed E-state index contributed by atoms with van der Waals surface area (Å²) in [5, 5.41) is 0.608. The molecule has 0 heterocycles. The van der Waals surface area contributed by atoms with Crippen LogP contribution in [0.4, 0.5) is 0 Å². The highest BCUT2D eigenvalue weighted by atomic mass is 35.5. The van der Waals surface area contributed by atoms with Crippen molar-refractivity contribution >= 4 is 17.5 Å². The molecule has 0 aliphatic carbocycles. The molecule has 1 amide bonds. The molecule has 2 aromatic rings. The molecule has 25 heavy (non-hydrogen) atoms. The summed E-state index contributed by atoms with van der Waals surface area (Å²) in [5.74, 6) is 1.70. The van der Waals surface area contributed by atoms with E-state index < -0.39 is 0 Å². The summed E-state index contributed by atoms with van der Waals surface area (Å²) in [4.78, 5) is 14.1. The lowest BCUT2D eigenvalue weighted by Crippen LogP contribution is -2.28. The summed E-state index contributed by atoms with van der Waals surface area (Å²) in [6.07, 6.45) is 0.659. The van der Waals surface area contributed by atoms with Crippen LogP contribution < -0.4 is 14.2 Å². The van der Waals surface area contributed by atoms with Gasteiger partial charge in [0.2, 0.25) is 5.75 Å². The second kappa shape index (κ2) is 8.62. The summed E-state index contributed by atoms with van der Waals surface area (Å²) in [6, 6.07) is 10.6. The first-order chi connectivity index (χ1) is 12.0. The molecule has 2 rings (SSSR count). The van der Waals surface area contributed by atoms with E-state index in [1.807, 2.05) is 12.1 Å². The molecule has 0 aromatic heterocycles. The molecule has 0 spiro atoms. The van der Waals surface area contributed by atoms with Crippen molar-refractivity contribution in [2.75, 3.05) is 34.9 Å². The quantitative estimate of drug-likeness (QED) is 0.753. The summed E-state index contributed by atoms with van der Waals surface area (Å²) >= 11 is 5.86. The molecule has 0 unspecified atom stereocenters. The Kier molecular flexibility index (Phi) is 6.53. The third-order valence-corrected chi connectivity index (χ3v) is 4.15. The van der Waals surface area contributed by atoms with Gasteiger partial charge in [0.1, 0.15) is 0 Å². The van der Waals surface area contributed by atoms with Crippen molar-refractivity contribution in [1.29, 1.82) is 0 Å². The highest BCUT2D eigenvalue weighted by molar-refractivity contribution is 6.30. The standard InChI is InChI=1S/C19H22ClNO4/c1-21(19(22)14-5-7-15(20)8-6-14)10-9-13-11-16(23-2)18(25-4)17(12-13)24-3/h5-8,11-12H,9-10H2,1-4H3. The topological polar surface area (TPSA) is 48.0 Å². The van der Waals surface area contributed by atoms with Crippen LogP contribution >= 0.6 is 11.6 Å². The molecule has 0 fully saturated rings. The van der Waals surface area contributed by atoms with Gasteiger partial charge in [-0.3, -0.25) is 4.79 Å². The fraction of sp³-hybridized carbons (Fsp3) is 0.316. The normalized spacial score (nSPS) is 10.3. The van der Waals surface area contributed by atoms with Gasteiger partial charge < -0.3 is 19.1 Å². The van der Waals surface area contributed by atoms with Crippen molar-refractivity contribution < 1.29 is 19.0 Å². The number of nitrogens with zero attached hydrogens (tertiary/aromatic N) is 1. The van der Waals surface area contributed by atoms with Gasteiger partial charge in [-0.1, -0.05) is 11.6 Å². The maximum Gasteiger partial charge on any atom is 0.253 e. The van der Waals surface area contributed by atoms with Gasteiger partial charge in [-0.15, -0.1) is 0 Å². The number of rotatable bonds is 7. The highest BCUT2D eigenvalue weighted by Crippen LogP contribution is 2.38. The van der Waals surface area contributed by atoms with Crippen LogP contribution in [0.2, 0.25) is 5.02 Å². The van der Waals surface area contributed by atoms with Crippen LogP contribution in [-0.2, 0) is 6.42 Å². The number of hydrogen-bond acceptors (Lipinski definition) is 4. The third-order valence-electron chi connectivity index (χ3n) is 3.90. The first kappa shape index (κ1) is 18.9. The molecule has 2 aromatic carbocycles. The molecule has 6 heteroatoms. The van der Waals surface area contributed by atoms with Crippen LogP contribution in [0.1, 0.15) is 15.9 Å². The Morgan fingerprint density at radius 3 is 2.04 bits per heavy atom. The van der Waals surface area contributed by atoms with Gasteiger partial charge in [-0.25, -0.2) is 0 Å². The van der Waals surface area contributed by atoms with Gasteiger partial charge in [0.05, 0.1) is 21.3 Å². The van der Waals surface area contributed by atoms with Crippen molar-refractivity contribution in [2.45, 2.75) is 6.42 Å². The van der Waals surface area contributed by atoms with Crippen LogP contribution in [0.15, 0.2) is 36.4 Å². The van der Waals surface area contributed by atoms with Crippen molar-refractivity contribution in [1.82, 2.24) is 4.90 Å². The second-order valence-corrected chi connectivity index (χ2v) is 5.95. The molecule has 0 radical (unpaired) electrons. The van der Waals surface area contributed by atoms with E-state index in [-0.39, 0.29) is 5.91 Å². The van der Waals surface area contributed by atoms with Crippen LogP contribution in [0.5, 0.6) is 17.2 Å². The summed E-state index contributed by atoms with van der Waals surface area (Å²) in [7, 11) is 6.50. The van der Waals surface area contributed by atoms with Crippen molar-refractivity contribution in [3.8, 4) is 17.2 Å². The zero-order valence-electron chi connectivity index (χ0n) is 14.8. The van der Waals surface area contributed by atoms with Gasteiger partial charge >= 0.3 is 0 Å². The molecule has 0 saturated heterocycles. The molecule has 5 nitrogen and oxygen atoms in total. The van der Waals surface area contributed by atoms with Crippen LogP contribution in [0.3, 0.4) is 0 Å². The Balaban J connectivity index is 2.09. The number of halogens is 1. The number of carbonyl (C=O) groups excluding carboxylic acids is 1. The van der Waals surface area contributed by atoms with Gasteiger partial charge in [0.15, 0.2) is 11.5 Å². The average Bonchev–Trinajstić information content (AvgIpc) is 2.64. The van der Waals surface area contributed by atoms with E-state index in [0.717, 1.165) is 5.56 Å². The Morgan fingerprint density at radius 1 is 1.00 bits per heavy atom. The molecule has 0 aliphatic rings. The molecule has 0 bridgehead atoms. The fourth-order valence-corrected chi connectivity index (χ4v) is 2.62. The molecule has 0 atom stereocenters. The maximum atomic E-state index is 12.4. The van der Waals surface area contributed by atoms with Crippen molar-refractivity contribution in [2.24, 2.45) is 0 Å². The monoisotopic (exact) mass is 363 g/mol. The number of ether oxygens (including phenoxy) is 3. The minimum Gasteiger partial charge on any atom is -0.493 e. The van der Waals surface area contributed by atoms with Gasteiger partial charge in [-0.05, 0) is 48.4 Å². The minimum atomic E-state index is -0.0518. The van der Waals surface area contributed by atoms with Crippen LogP contribution in [-0.4, -0.2) is 45.7 Å². The summed E-state index contributed by atoms with van der Waals surface area (Å²) < 4.78 is 16.0. The Labute approximate surface area is 153 Å². The predicted molar refractivity (Wildman–Crippen MR) is 98.2 cm³/mol. The first-order valence-corrected chi connectivity index (χ1v) is 8.17. The van der Waals surface area contributed by atoms with Gasteiger partial charge in [0, 0.05) is 24.2 Å². The lowest BCUT2D eigenvalue weighted by atomic mass is 10.1. The summed E-state index contributed by atoms with van der Waals surface area (Å²) in [5.41, 5.74) is 1.60. The zero-order valence-corrected chi connectivity index (χ0v) is 15.6. The van der Waals surface area contributed by atoms with E-state index in [9.17, 15) is 4.79 Å². The number of likely N-dealkylation sites (N-methyl/N-ethyl adjacent to an activating group) is 1. The largest absolute Gasteiger partial charge is 0.493 e. The number of carbonyl (C=O) groups is 1. The second-order valence-electron chi connectivity index (χ2n) is 5.52. The lowest BCUT2D eigenvalue weighted by molar-refractivity contribution is 0.0796. The van der Waals surface area contributed by atoms with E-state index in [0.29, 0.717) is 40.8 Å². The van der Waals surface area contributed by atoms with E-state index in [4.69, 9.17) is 25.8 Å². The Bertz CT molecular complexity index is 706. The average molecular weight is 364 g/mol. The lowest BCUT2D eigenvalue weighted by Gasteiger charge is -2.18.